The Morgan fingerprint density at radius 1 is 1.43 bits per heavy atom. The second-order valence-corrected chi connectivity index (χ2v) is 5.53. The molecule has 2 N–H and O–H groups in total. The molecule has 0 radical (unpaired) electrons. The number of rotatable bonds is 8. The summed E-state index contributed by atoms with van der Waals surface area (Å²) in [6.07, 6.45) is 3.39. The van der Waals surface area contributed by atoms with E-state index < -0.39 is 0 Å². The van der Waals surface area contributed by atoms with Gasteiger partial charge in [-0.05, 0) is 43.4 Å². The van der Waals surface area contributed by atoms with Gasteiger partial charge in [-0.2, -0.15) is 0 Å². The molecule has 0 bridgehead atoms. The Balaban J connectivity index is 1.65. The molecule has 0 unspecified atom stereocenters. The molecule has 6 heteroatoms. The Hall–Kier alpha value is -1.46. The van der Waals surface area contributed by atoms with Gasteiger partial charge < -0.3 is 20.1 Å². The lowest BCUT2D eigenvalue weighted by Crippen LogP contribution is -2.30. The summed E-state index contributed by atoms with van der Waals surface area (Å²) in [6.45, 7) is 2.10. The van der Waals surface area contributed by atoms with E-state index in [1.165, 1.54) is 12.8 Å². The zero-order valence-electron chi connectivity index (χ0n) is 12.2. The molecule has 1 fully saturated rings. The number of amides is 2. The number of ether oxygens (including phenoxy) is 2. The second kappa shape index (κ2) is 8.10. The third-order valence-electron chi connectivity index (χ3n) is 3.21. The third-order valence-corrected chi connectivity index (χ3v) is 3.45. The fourth-order valence-corrected chi connectivity index (χ4v) is 2.03. The van der Waals surface area contributed by atoms with E-state index in [1.54, 1.807) is 25.3 Å². The molecule has 0 atom stereocenters. The zero-order chi connectivity index (χ0) is 15.1. The third kappa shape index (κ3) is 5.81. The lowest BCUT2D eigenvalue weighted by atomic mass is 10.3. The van der Waals surface area contributed by atoms with Crippen molar-refractivity contribution in [2.75, 3.05) is 32.2 Å². The number of benzene rings is 1. The van der Waals surface area contributed by atoms with E-state index in [1.807, 2.05) is 0 Å². The Kier molecular flexibility index (Phi) is 6.14. The molecule has 1 aliphatic carbocycles. The van der Waals surface area contributed by atoms with Gasteiger partial charge in [0.25, 0.3) is 0 Å². The van der Waals surface area contributed by atoms with Gasteiger partial charge in [-0.15, -0.1) is 0 Å². The van der Waals surface area contributed by atoms with Gasteiger partial charge in [-0.1, -0.05) is 11.6 Å². The smallest absolute Gasteiger partial charge is 0.319 e. The van der Waals surface area contributed by atoms with E-state index in [0.717, 1.165) is 18.9 Å². The molecule has 5 nitrogen and oxygen atoms in total. The maximum Gasteiger partial charge on any atom is 0.319 e. The van der Waals surface area contributed by atoms with Gasteiger partial charge >= 0.3 is 6.03 Å². The highest BCUT2D eigenvalue weighted by molar-refractivity contribution is 6.31. The monoisotopic (exact) mass is 312 g/mol. The summed E-state index contributed by atoms with van der Waals surface area (Å²) in [5.41, 5.74) is 0.549. The highest BCUT2D eigenvalue weighted by Gasteiger charge is 2.20. The van der Waals surface area contributed by atoms with Crippen LogP contribution >= 0.6 is 11.6 Å². The van der Waals surface area contributed by atoms with E-state index in [2.05, 4.69) is 10.6 Å². The molecule has 1 aromatic rings. The molecule has 0 saturated heterocycles. The Bertz CT molecular complexity index is 478. The second-order valence-electron chi connectivity index (χ2n) is 5.10. The van der Waals surface area contributed by atoms with Gasteiger partial charge in [0, 0.05) is 24.8 Å². The van der Waals surface area contributed by atoms with Gasteiger partial charge in [-0.3, -0.25) is 0 Å². The van der Waals surface area contributed by atoms with Gasteiger partial charge in [0.05, 0.1) is 12.8 Å². The zero-order valence-corrected chi connectivity index (χ0v) is 12.9. The topological polar surface area (TPSA) is 59.6 Å². The predicted octanol–water partition coefficient (Wildman–Crippen LogP) is 3.29. The molecule has 21 heavy (non-hydrogen) atoms. The van der Waals surface area contributed by atoms with Crippen molar-refractivity contribution in [2.45, 2.75) is 19.3 Å². The molecule has 1 aliphatic rings. The minimum Gasteiger partial charge on any atom is -0.495 e. The first kappa shape index (κ1) is 15.9. The van der Waals surface area contributed by atoms with Crippen molar-refractivity contribution >= 4 is 23.3 Å². The number of carbonyl (C=O) groups is 1. The van der Waals surface area contributed by atoms with E-state index >= 15 is 0 Å². The summed E-state index contributed by atoms with van der Waals surface area (Å²) in [5, 5.41) is 6.04. The maximum atomic E-state index is 11.8. The predicted molar refractivity (Wildman–Crippen MR) is 83.2 cm³/mol. The SMILES string of the molecule is COc1ccc(Cl)cc1NC(=O)NCCCOCC1CC1. The van der Waals surface area contributed by atoms with Crippen LogP contribution in [0.4, 0.5) is 10.5 Å². The Morgan fingerprint density at radius 2 is 2.24 bits per heavy atom. The number of anilines is 1. The van der Waals surface area contributed by atoms with E-state index in [-0.39, 0.29) is 6.03 Å². The molecular weight excluding hydrogens is 292 g/mol. The molecule has 0 aliphatic heterocycles. The van der Waals surface area contributed by atoms with Crippen molar-refractivity contribution in [2.24, 2.45) is 5.92 Å². The largest absolute Gasteiger partial charge is 0.495 e. The molecule has 1 saturated carbocycles. The molecular formula is C15H21ClN2O3. The van der Waals surface area contributed by atoms with Crippen molar-refractivity contribution in [1.29, 1.82) is 0 Å². The average Bonchev–Trinajstić information content (AvgIpc) is 3.27. The van der Waals surface area contributed by atoms with Crippen molar-refractivity contribution in [3.63, 3.8) is 0 Å². The van der Waals surface area contributed by atoms with Crippen molar-refractivity contribution in [1.82, 2.24) is 5.32 Å². The first-order valence-corrected chi connectivity index (χ1v) is 7.53. The summed E-state index contributed by atoms with van der Waals surface area (Å²) >= 11 is 5.91. The van der Waals surface area contributed by atoms with Crippen LogP contribution in [-0.2, 0) is 4.74 Å². The number of hydrogen-bond donors (Lipinski definition) is 2. The molecule has 0 spiro atoms. The van der Waals surface area contributed by atoms with Gasteiger partial charge in [0.2, 0.25) is 0 Å². The molecule has 0 heterocycles. The van der Waals surface area contributed by atoms with Crippen LogP contribution in [0.25, 0.3) is 0 Å². The number of halogens is 1. The van der Waals surface area contributed by atoms with Crippen LogP contribution in [0.1, 0.15) is 19.3 Å². The molecule has 1 aromatic carbocycles. The van der Waals surface area contributed by atoms with Crippen LogP contribution in [0, 0.1) is 5.92 Å². The first-order chi connectivity index (χ1) is 10.2. The Morgan fingerprint density at radius 3 is 2.95 bits per heavy atom. The standard InChI is InChI=1S/C15H21ClN2O3/c1-20-14-6-5-12(16)9-13(14)18-15(19)17-7-2-8-21-10-11-3-4-11/h5-6,9,11H,2-4,7-8,10H2,1H3,(H2,17,18,19). The number of methoxy groups -OCH3 is 1. The Labute approximate surface area is 130 Å². The van der Waals surface area contributed by atoms with E-state index in [0.29, 0.717) is 29.6 Å². The quantitative estimate of drug-likeness (QED) is 0.724. The minimum absolute atomic E-state index is 0.280. The lowest BCUT2D eigenvalue weighted by molar-refractivity contribution is 0.122. The maximum absolute atomic E-state index is 11.8. The van der Waals surface area contributed by atoms with Crippen LogP contribution in [-0.4, -0.2) is 32.9 Å². The number of carbonyl (C=O) groups excluding carboxylic acids is 1. The summed E-state index contributed by atoms with van der Waals surface area (Å²) in [7, 11) is 1.55. The number of hydrogen-bond acceptors (Lipinski definition) is 3. The van der Waals surface area contributed by atoms with Crippen LogP contribution < -0.4 is 15.4 Å². The van der Waals surface area contributed by atoms with Crippen LogP contribution in [0.15, 0.2) is 18.2 Å². The van der Waals surface area contributed by atoms with Crippen molar-refractivity contribution < 1.29 is 14.3 Å². The van der Waals surface area contributed by atoms with Crippen molar-refractivity contribution in [3.8, 4) is 5.75 Å². The number of urea groups is 1. The first-order valence-electron chi connectivity index (χ1n) is 7.15. The van der Waals surface area contributed by atoms with Crippen molar-refractivity contribution in [3.05, 3.63) is 23.2 Å². The summed E-state index contributed by atoms with van der Waals surface area (Å²) in [5.74, 6) is 1.35. The van der Waals surface area contributed by atoms with Gasteiger partial charge in [0.15, 0.2) is 0 Å². The fourth-order valence-electron chi connectivity index (χ4n) is 1.86. The summed E-state index contributed by atoms with van der Waals surface area (Å²) in [4.78, 5) is 11.8. The lowest BCUT2D eigenvalue weighted by Gasteiger charge is -2.11. The fraction of sp³-hybridized carbons (Fsp3) is 0.533. The summed E-state index contributed by atoms with van der Waals surface area (Å²) < 4.78 is 10.7. The molecule has 2 rings (SSSR count). The van der Waals surface area contributed by atoms with Gasteiger partial charge in [0.1, 0.15) is 5.75 Å². The van der Waals surface area contributed by atoms with E-state index in [4.69, 9.17) is 21.1 Å². The highest BCUT2D eigenvalue weighted by Crippen LogP contribution is 2.29. The summed E-state index contributed by atoms with van der Waals surface area (Å²) in [6, 6.07) is 4.79. The normalized spacial score (nSPS) is 13.8. The minimum atomic E-state index is -0.280. The average molecular weight is 313 g/mol. The highest BCUT2D eigenvalue weighted by atomic mass is 35.5. The van der Waals surface area contributed by atoms with E-state index in [9.17, 15) is 4.79 Å². The van der Waals surface area contributed by atoms with Crippen LogP contribution in [0.2, 0.25) is 5.02 Å². The number of nitrogens with one attached hydrogen (secondary N) is 2. The van der Waals surface area contributed by atoms with Crippen LogP contribution in [0.5, 0.6) is 5.75 Å². The molecule has 2 amide bonds. The van der Waals surface area contributed by atoms with Gasteiger partial charge in [-0.25, -0.2) is 4.79 Å². The van der Waals surface area contributed by atoms with Crippen LogP contribution in [0.3, 0.4) is 0 Å². The molecule has 116 valence electrons. The molecule has 0 aromatic heterocycles.